The summed E-state index contributed by atoms with van der Waals surface area (Å²) in [5.41, 5.74) is 4.29. The zero-order chi connectivity index (χ0) is 24.9. The summed E-state index contributed by atoms with van der Waals surface area (Å²) in [4.78, 5) is 40.4. The van der Waals surface area contributed by atoms with E-state index in [9.17, 15) is 14.4 Å². The van der Waals surface area contributed by atoms with Gasteiger partial charge in [0.15, 0.2) is 0 Å². The summed E-state index contributed by atoms with van der Waals surface area (Å²) in [6, 6.07) is 14.8. The summed E-state index contributed by atoms with van der Waals surface area (Å²) in [6.07, 6.45) is 1.18. The predicted octanol–water partition coefficient (Wildman–Crippen LogP) is 5.24. The molecule has 36 heavy (non-hydrogen) atoms. The Bertz CT molecular complexity index is 1540. The Morgan fingerprint density at radius 1 is 1.00 bits per heavy atom. The number of anilines is 1. The zero-order valence-electron chi connectivity index (χ0n) is 20.1. The maximum Gasteiger partial charge on any atom is 0.259 e. The lowest BCUT2D eigenvalue weighted by molar-refractivity contribution is -0.116. The van der Waals surface area contributed by atoms with E-state index < -0.39 is 11.8 Å². The van der Waals surface area contributed by atoms with E-state index in [2.05, 4.69) is 10.6 Å². The smallest absolute Gasteiger partial charge is 0.259 e. The first-order valence-corrected chi connectivity index (χ1v) is 11.8. The van der Waals surface area contributed by atoms with Crippen molar-refractivity contribution in [2.45, 2.75) is 12.8 Å². The van der Waals surface area contributed by atoms with Crippen LogP contribution in [0.1, 0.15) is 33.6 Å². The first kappa shape index (κ1) is 25.7. The van der Waals surface area contributed by atoms with Crippen LogP contribution in [-0.2, 0) is 11.8 Å². The van der Waals surface area contributed by atoms with E-state index in [1.807, 2.05) is 73.1 Å². The first-order valence-electron chi connectivity index (χ1n) is 11.4. The topological polar surface area (TPSA) is 83.4 Å². The Morgan fingerprint density at radius 2 is 1.72 bits per heavy atom. The van der Waals surface area contributed by atoms with Crippen LogP contribution < -0.4 is 10.6 Å². The van der Waals surface area contributed by atoms with Crippen LogP contribution >= 0.6 is 24.0 Å². The van der Waals surface area contributed by atoms with Crippen molar-refractivity contribution in [1.82, 2.24) is 14.8 Å². The summed E-state index contributed by atoms with van der Waals surface area (Å²) < 4.78 is 1.99. The van der Waals surface area contributed by atoms with Crippen molar-refractivity contribution in [3.8, 4) is 11.1 Å². The Hall–Kier alpha value is -3.39. The van der Waals surface area contributed by atoms with Crippen LogP contribution in [0.2, 0.25) is 5.02 Å². The van der Waals surface area contributed by atoms with Gasteiger partial charge in [0.25, 0.3) is 11.8 Å². The van der Waals surface area contributed by atoms with Crippen LogP contribution in [0.4, 0.5) is 5.69 Å². The van der Waals surface area contributed by atoms with Crippen molar-refractivity contribution >= 4 is 69.2 Å². The second kappa shape index (κ2) is 9.93. The number of nitrogens with one attached hydrogen (secondary N) is 2. The summed E-state index contributed by atoms with van der Waals surface area (Å²) in [5.74, 6) is -0.940. The normalized spacial score (nSPS) is 12.7. The molecule has 0 saturated heterocycles. The van der Waals surface area contributed by atoms with Gasteiger partial charge in [0.1, 0.15) is 0 Å². The molecule has 0 aliphatic carbocycles. The minimum absolute atomic E-state index is 0. The SMILES string of the molecule is CN(C)CCCC(=O)Nc1ccc2c(c1)c1c3c(c(-c4ccccc4Cl)cc1n2C)C(=O)NC3=O.Cl. The number of fused-ring (bicyclic) bond motifs is 5. The minimum atomic E-state index is -0.441. The number of nitrogens with zero attached hydrogens (tertiary/aromatic N) is 2. The number of rotatable bonds is 6. The second-order valence-corrected chi connectivity index (χ2v) is 9.48. The van der Waals surface area contributed by atoms with Crippen molar-refractivity contribution in [1.29, 1.82) is 0 Å². The van der Waals surface area contributed by atoms with Gasteiger partial charge >= 0.3 is 0 Å². The Morgan fingerprint density at radius 3 is 2.44 bits per heavy atom. The highest BCUT2D eigenvalue weighted by molar-refractivity contribution is 6.36. The van der Waals surface area contributed by atoms with Gasteiger partial charge in [-0.25, -0.2) is 0 Å². The number of hydrogen-bond acceptors (Lipinski definition) is 4. The molecule has 3 aromatic carbocycles. The molecule has 4 aromatic rings. The fourth-order valence-corrected chi connectivity index (χ4v) is 5.04. The molecule has 0 radical (unpaired) electrons. The van der Waals surface area contributed by atoms with Gasteiger partial charge in [0.05, 0.1) is 16.6 Å². The van der Waals surface area contributed by atoms with Crippen molar-refractivity contribution in [2.75, 3.05) is 26.0 Å². The Balaban J connectivity index is 0.00000304. The molecule has 0 unspecified atom stereocenters. The molecule has 0 fully saturated rings. The summed E-state index contributed by atoms with van der Waals surface area (Å²) in [6.45, 7) is 0.832. The lowest BCUT2D eigenvalue weighted by Crippen LogP contribution is -2.20. The highest BCUT2D eigenvalue weighted by Crippen LogP contribution is 2.42. The van der Waals surface area contributed by atoms with Gasteiger partial charge in [-0.05, 0) is 63.0 Å². The average Bonchev–Trinajstić information content (AvgIpc) is 3.26. The number of benzene rings is 3. The highest BCUT2D eigenvalue weighted by atomic mass is 35.5. The lowest BCUT2D eigenvalue weighted by Gasteiger charge is -2.11. The van der Waals surface area contributed by atoms with Crippen LogP contribution in [-0.4, -0.2) is 47.8 Å². The van der Waals surface area contributed by atoms with Crippen LogP contribution in [0.25, 0.3) is 32.9 Å². The third-order valence-corrected chi connectivity index (χ3v) is 6.76. The number of halogens is 2. The van der Waals surface area contributed by atoms with E-state index in [4.69, 9.17) is 11.6 Å². The molecule has 2 N–H and O–H groups in total. The molecule has 7 nitrogen and oxygen atoms in total. The largest absolute Gasteiger partial charge is 0.344 e. The molecule has 1 aromatic heterocycles. The van der Waals surface area contributed by atoms with Gasteiger partial charge in [-0.1, -0.05) is 29.8 Å². The Kier molecular flexibility index (Phi) is 7.09. The lowest BCUT2D eigenvalue weighted by atomic mass is 9.93. The standard InChI is InChI=1S/C27H25ClN4O3.ClH/c1-31(2)12-6-9-22(33)29-15-10-11-20-18(13-15)23-21(32(20)3)14-17(16-7-4-5-8-19(16)28)24-25(23)27(35)30-26(24)34;/h4-5,7-8,10-11,13-14H,6,9,12H2,1-3H3,(H,29,33)(H,30,34,35);1H. The van der Waals surface area contributed by atoms with Gasteiger partial charge in [-0.15, -0.1) is 12.4 Å². The highest BCUT2D eigenvalue weighted by Gasteiger charge is 2.34. The van der Waals surface area contributed by atoms with Crippen LogP contribution in [0, 0.1) is 0 Å². The Labute approximate surface area is 219 Å². The molecule has 1 aliphatic rings. The van der Waals surface area contributed by atoms with Gasteiger partial charge in [0, 0.05) is 46.0 Å². The molecule has 0 atom stereocenters. The summed E-state index contributed by atoms with van der Waals surface area (Å²) in [7, 11) is 5.87. The molecule has 2 heterocycles. The van der Waals surface area contributed by atoms with E-state index in [0.29, 0.717) is 44.8 Å². The molecule has 0 bridgehead atoms. The maximum atomic E-state index is 13.0. The van der Waals surface area contributed by atoms with Crippen molar-refractivity contribution < 1.29 is 14.4 Å². The number of aromatic nitrogens is 1. The van der Waals surface area contributed by atoms with Gasteiger partial charge in [0.2, 0.25) is 5.91 Å². The monoisotopic (exact) mass is 524 g/mol. The molecule has 9 heteroatoms. The molecule has 3 amide bonds. The minimum Gasteiger partial charge on any atom is -0.344 e. The van der Waals surface area contributed by atoms with E-state index in [-0.39, 0.29) is 18.3 Å². The molecule has 1 aliphatic heterocycles. The van der Waals surface area contributed by atoms with Gasteiger partial charge in [-0.2, -0.15) is 0 Å². The van der Waals surface area contributed by atoms with Crippen LogP contribution in [0.15, 0.2) is 48.5 Å². The third-order valence-electron chi connectivity index (χ3n) is 6.43. The van der Waals surface area contributed by atoms with Crippen molar-refractivity contribution in [3.63, 3.8) is 0 Å². The second-order valence-electron chi connectivity index (χ2n) is 9.08. The number of hydrogen-bond donors (Lipinski definition) is 2. The number of aryl methyl sites for hydroxylation is 1. The first-order chi connectivity index (χ1) is 16.8. The van der Waals surface area contributed by atoms with Crippen molar-refractivity contribution in [2.24, 2.45) is 7.05 Å². The van der Waals surface area contributed by atoms with Gasteiger partial charge < -0.3 is 14.8 Å². The quantitative estimate of drug-likeness (QED) is 0.338. The van der Waals surface area contributed by atoms with E-state index in [0.717, 1.165) is 29.4 Å². The van der Waals surface area contributed by atoms with Crippen molar-refractivity contribution in [3.05, 3.63) is 64.7 Å². The number of carbonyl (C=O) groups excluding carboxylic acids is 3. The number of imide groups is 1. The summed E-state index contributed by atoms with van der Waals surface area (Å²) >= 11 is 6.47. The molecular formula is C27H26Cl2N4O3. The predicted molar refractivity (Wildman–Crippen MR) is 146 cm³/mol. The van der Waals surface area contributed by atoms with Crippen LogP contribution in [0.3, 0.4) is 0 Å². The van der Waals surface area contributed by atoms with E-state index in [1.165, 1.54) is 0 Å². The molecule has 186 valence electrons. The average molecular weight is 525 g/mol. The van der Waals surface area contributed by atoms with Crippen LogP contribution in [0.5, 0.6) is 0 Å². The number of carbonyl (C=O) groups is 3. The molecule has 5 rings (SSSR count). The summed E-state index contributed by atoms with van der Waals surface area (Å²) in [5, 5.41) is 7.39. The molecular weight excluding hydrogens is 499 g/mol. The van der Waals surface area contributed by atoms with E-state index >= 15 is 0 Å². The third kappa shape index (κ3) is 4.34. The van der Waals surface area contributed by atoms with E-state index in [1.54, 1.807) is 6.07 Å². The fraction of sp³-hybridized carbons (Fsp3) is 0.222. The van der Waals surface area contributed by atoms with Gasteiger partial charge in [-0.3, -0.25) is 19.7 Å². The number of amides is 3. The zero-order valence-corrected chi connectivity index (χ0v) is 21.7. The molecule has 0 spiro atoms. The maximum absolute atomic E-state index is 13.0. The fourth-order valence-electron chi connectivity index (χ4n) is 4.80. The molecule has 0 saturated carbocycles.